The fourth-order valence-electron chi connectivity index (χ4n) is 2.54. The number of hydrogen-bond donors (Lipinski definition) is 1. The van der Waals surface area contributed by atoms with Gasteiger partial charge < -0.3 is 10.1 Å². The fourth-order valence-corrected chi connectivity index (χ4v) is 2.81. The van der Waals surface area contributed by atoms with E-state index >= 15 is 0 Å². The highest BCUT2D eigenvalue weighted by molar-refractivity contribution is 9.10. The smallest absolute Gasteiger partial charge is 0.0775 e. The zero-order valence-corrected chi connectivity index (χ0v) is 14.3. The Hall–Kier alpha value is -0.380. The molecule has 19 heavy (non-hydrogen) atoms. The van der Waals surface area contributed by atoms with Crippen LogP contribution in [0.2, 0.25) is 0 Å². The van der Waals surface area contributed by atoms with Crippen molar-refractivity contribution in [1.29, 1.82) is 0 Å². The first-order valence-electron chi connectivity index (χ1n) is 6.89. The van der Waals surface area contributed by atoms with E-state index in [-0.39, 0.29) is 11.5 Å². The molecule has 1 N–H and O–H groups in total. The summed E-state index contributed by atoms with van der Waals surface area (Å²) >= 11 is 3.48. The van der Waals surface area contributed by atoms with Crippen LogP contribution in [0.3, 0.4) is 0 Å². The van der Waals surface area contributed by atoms with Gasteiger partial charge in [-0.15, -0.1) is 0 Å². The van der Waals surface area contributed by atoms with Gasteiger partial charge in [-0.1, -0.05) is 55.8 Å². The summed E-state index contributed by atoms with van der Waals surface area (Å²) in [5.74, 6) is 0. The van der Waals surface area contributed by atoms with Gasteiger partial charge in [-0.25, -0.2) is 0 Å². The van der Waals surface area contributed by atoms with Gasteiger partial charge in [0, 0.05) is 17.6 Å². The van der Waals surface area contributed by atoms with Crippen LogP contribution in [-0.4, -0.2) is 25.8 Å². The van der Waals surface area contributed by atoms with Crippen LogP contribution in [0.5, 0.6) is 0 Å². The number of likely N-dealkylation sites (N-methyl/N-ethyl adjacent to an activating group) is 1. The van der Waals surface area contributed by atoms with Crippen LogP contribution < -0.4 is 5.32 Å². The van der Waals surface area contributed by atoms with E-state index in [2.05, 4.69) is 73.2 Å². The first kappa shape index (κ1) is 16.7. The quantitative estimate of drug-likeness (QED) is 0.851. The summed E-state index contributed by atoms with van der Waals surface area (Å²) < 4.78 is 6.87. The van der Waals surface area contributed by atoms with E-state index in [1.165, 1.54) is 5.56 Å². The van der Waals surface area contributed by atoms with Gasteiger partial charge in [0.15, 0.2) is 0 Å². The molecule has 0 aliphatic rings. The third kappa shape index (κ3) is 5.25. The van der Waals surface area contributed by atoms with E-state index in [9.17, 15) is 0 Å². The predicted octanol–water partition coefficient (Wildman–Crippen LogP) is 4.03. The minimum absolute atomic E-state index is 0.122. The summed E-state index contributed by atoms with van der Waals surface area (Å²) in [6.07, 6.45) is 1.17. The number of nitrogens with one attached hydrogen (secondary N) is 1. The summed E-state index contributed by atoms with van der Waals surface area (Å²) in [5.41, 5.74) is 1.46. The Labute approximate surface area is 126 Å². The Balaban J connectivity index is 2.84. The molecule has 0 amide bonds. The zero-order chi connectivity index (χ0) is 14.5. The lowest BCUT2D eigenvalue weighted by molar-refractivity contribution is -0.0106. The van der Waals surface area contributed by atoms with Crippen molar-refractivity contribution in [3.05, 3.63) is 34.3 Å². The van der Waals surface area contributed by atoms with Crippen molar-refractivity contribution in [2.24, 2.45) is 5.41 Å². The molecule has 2 unspecified atom stereocenters. The van der Waals surface area contributed by atoms with Crippen LogP contribution in [-0.2, 0) is 11.2 Å². The van der Waals surface area contributed by atoms with Crippen molar-refractivity contribution in [2.75, 3.05) is 13.7 Å². The highest BCUT2D eigenvalue weighted by atomic mass is 79.9. The molecule has 0 bridgehead atoms. The first-order valence-corrected chi connectivity index (χ1v) is 7.68. The second-order valence-corrected chi connectivity index (χ2v) is 6.93. The SMILES string of the molecule is CCNC(Cc1ccc(Br)cc1)C(OC)C(C)(C)C. The summed E-state index contributed by atoms with van der Waals surface area (Å²) in [5, 5.41) is 3.57. The maximum Gasteiger partial charge on any atom is 0.0775 e. The van der Waals surface area contributed by atoms with Crippen LogP contribution in [0, 0.1) is 5.41 Å². The number of halogens is 1. The zero-order valence-electron chi connectivity index (χ0n) is 12.7. The van der Waals surface area contributed by atoms with Gasteiger partial charge in [-0.05, 0) is 36.1 Å². The molecular formula is C16H26BrNO. The molecule has 1 aromatic rings. The molecule has 108 valence electrons. The van der Waals surface area contributed by atoms with Gasteiger partial charge in [-0.2, -0.15) is 0 Å². The van der Waals surface area contributed by atoms with Gasteiger partial charge >= 0.3 is 0 Å². The van der Waals surface area contributed by atoms with E-state index in [4.69, 9.17) is 4.74 Å². The molecule has 0 aromatic heterocycles. The van der Waals surface area contributed by atoms with E-state index < -0.39 is 0 Å². The van der Waals surface area contributed by atoms with Gasteiger partial charge in [0.2, 0.25) is 0 Å². The van der Waals surface area contributed by atoms with Crippen molar-refractivity contribution < 1.29 is 4.74 Å². The van der Waals surface area contributed by atoms with Crippen molar-refractivity contribution in [2.45, 2.75) is 46.3 Å². The topological polar surface area (TPSA) is 21.3 Å². The monoisotopic (exact) mass is 327 g/mol. The van der Waals surface area contributed by atoms with E-state index in [1.54, 1.807) is 0 Å². The van der Waals surface area contributed by atoms with Crippen LogP contribution in [0.25, 0.3) is 0 Å². The van der Waals surface area contributed by atoms with E-state index in [0.29, 0.717) is 6.04 Å². The second kappa shape index (κ2) is 7.41. The van der Waals surface area contributed by atoms with Crippen LogP contribution >= 0.6 is 15.9 Å². The van der Waals surface area contributed by atoms with Crippen molar-refractivity contribution in [3.63, 3.8) is 0 Å². The lowest BCUT2D eigenvalue weighted by Gasteiger charge is -2.36. The Kier molecular flexibility index (Phi) is 6.51. The molecule has 0 saturated carbocycles. The Morgan fingerprint density at radius 3 is 2.21 bits per heavy atom. The second-order valence-electron chi connectivity index (χ2n) is 6.02. The number of ether oxygens (including phenoxy) is 1. The molecule has 0 saturated heterocycles. The van der Waals surface area contributed by atoms with E-state index in [1.807, 2.05) is 7.11 Å². The van der Waals surface area contributed by atoms with Crippen molar-refractivity contribution >= 4 is 15.9 Å². The first-order chi connectivity index (χ1) is 8.88. The van der Waals surface area contributed by atoms with Gasteiger partial charge in [0.25, 0.3) is 0 Å². The molecule has 0 aliphatic carbocycles. The summed E-state index contributed by atoms with van der Waals surface area (Å²) in [7, 11) is 1.81. The minimum atomic E-state index is 0.122. The van der Waals surface area contributed by atoms with Crippen molar-refractivity contribution in [1.82, 2.24) is 5.32 Å². The average molecular weight is 328 g/mol. The maximum atomic E-state index is 5.75. The number of hydrogen-bond acceptors (Lipinski definition) is 2. The molecule has 2 nitrogen and oxygen atoms in total. The molecule has 0 fully saturated rings. The molecule has 0 radical (unpaired) electrons. The average Bonchev–Trinajstić information content (AvgIpc) is 2.31. The van der Waals surface area contributed by atoms with Gasteiger partial charge in [0.05, 0.1) is 6.10 Å². The van der Waals surface area contributed by atoms with E-state index in [0.717, 1.165) is 17.4 Å². The Morgan fingerprint density at radius 1 is 1.21 bits per heavy atom. The van der Waals surface area contributed by atoms with Crippen LogP contribution in [0.4, 0.5) is 0 Å². The summed E-state index contributed by atoms with van der Waals surface area (Å²) in [6.45, 7) is 9.79. The Morgan fingerprint density at radius 2 is 1.79 bits per heavy atom. The molecular weight excluding hydrogens is 302 g/mol. The molecule has 0 spiro atoms. The predicted molar refractivity (Wildman–Crippen MR) is 85.6 cm³/mol. The standard InChI is InChI=1S/C16H26BrNO/c1-6-18-14(15(19-5)16(2,3)4)11-12-7-9-13(17)10-8-12/h7-10,14-15,18H,6,11H2,1-5H3. The number of rotatable bonds is 6. The minimum Gasteiger partial charge on any atom is -0.379 e. The van der Waals surface area contributed by atoms with Gasteiger partial charge in [0.1, 0.15) is 0 Å². The summed E-state index contributed by atoms with van der Waals surface area (Å²) in [4.78, 5) is 0. The van der Waals surface area contributed by atoms with Crippen LogP contribution in [0.15, 0.2) is 28.7 Å². The highest BCUT2D eigenvalue weighted by Crippen LogP contribution is 2.26. The normalized spacial score (nSPS) is 15.3. The van der Waals surface area contributed by atoms with Gasteiger partial charge in [-0.3, -0.25) is 0 Å². The lowest BCUT2D eigenvalue weighted by Crippen LogP contribution is -2.48. The molecule has 1 rings (SSSR count). The third-order valence-electron chi connectivity index (χ3n) is 3.31. The molecule has 3 heteroatoms. The maximum absolute atomic E-state index is 5.75. The highest BCUT2D eigenvalue weighted by Gasteiger charge is 2.31. The molecule has 0 heterocycles. The summed E-state index contributed by atoms with van der Waals surface area (Å²) in [6, 6.07) is 8.86. The van der Waals surface area contributed by atoms with Crippen molar-refractivity contribution in [3.8, 4) is 0 Å². The Bertz CT molecular complexity index is 369. The molecule has 0 aliphatic heterocycles. The number of methoxy groups -OCH3 is 1. The molecule has 1 aromatic carbocycles. The number of benzene rings is 1. The van der Waals surface area contributed by atoms with Crippen LogP contribution in [0.1, 0.15) is 33.3 Å². The third-order valence-corrected chi connectivity index (χ3v) is 3.84. The lowest BCUT2D eigenvalue weighted by atomic mass is 9.82. The fraction of sp³-hybridized carbons (Fsp3) is 0.625. The molecule has 2 atom stereocenters. The largest absolute Gasteiger partial charge is 0.379 e.